The first-order valence-electron chi connectivity index (χ1n) is 7.63. The Morgan fingerprint density at radius 1 is 1.23 bits per heavy atom. The normalized spacial score (nSPS) is 24.2. The summed E-state index contributed by atoms with van der Waals surface area (Å²) in [7, 11) is 0. The van der Waals surface area contributed by atoms with Gasteiger partial charge in [-0.1, -0.05) is 30.3 Å². The number of ketones is 1. The third-order valence-electron chi connectivity index (χ3n) is 4.08. The van der Waals surface area contributed by atoms with Crippen LogP contribution >= 0.6 is 0 Å². The summed E-state index contributed by atoms with van der Waals surface area (Å²) in [5.74, 6) is 0.243. The molecule has 3 rings (SSSR count). The van der Waals surface area contributed by atoms with Gasteiger partial charge in [-0.25, -0.2) is 4.79 Å². The number of ether oxygens (including phenoxy) is 1. The van der Waals surface area contributed by atoms with Gasteiger partial charge in [-0.2, -0.15) is 0 Å². The van der Waals surface area contributed by atoms with Crippen LogP contribution in [0.3, 0.4) is 0 Å². The summed E-state index contributed by atoms with van der Waals surface area (Å²) in [4.78, 5) is 26.0. The van der Waals surface area contributed by atoms with Crippen molar-refractivity contribution in [2.24, 2.45) is 5.92 Å². The molecule has 1 aromatic carbocycles. The van der Waals surface area contributed by atoms with Crippen LogP contribution in [0.1, 0.15) is 38.8 Å². The average Bonchev–Trinajstić information content (AvgIpc) is 2.93. The van der Waals surface area contributed by atoms with E-state index in [-0.39, 0.29) is 23.8 Å². The van der Waals surface area contributed by atoms with Crippen LogP contribution in [-0.2, 0) is 9.53 Å². The van der Waals surface area contributed by atoms with Crippen LogP contribution in [0.5, 0.6) is 0 Å². The fourth-order valence-electron chi connectivity index (χ4n) is 3.27. The summed E-state index contributed by atoms with van der Waals surface area (Å²) in [5.41, 5.74) is 1.57. The lowest BCUT2D eigenvalue weighted by Gasteiger charge is -2.30. The molecule has 2 aliphatic rings. The van der Waals surface area contributed by atoms with Gasteiger partial charge in [-0.3, -0.25) is 9.69 Å². The molecular formula is C18H21NO3. The molecule has 0 aromatic heterocycles. The molecule has 1 fully saturated rings. The predicted molar refractivity (Wildman–Crippen MR) is 83.3 cm³/mol. The highest BCUT2D eigenvalue weighted by molar-refractivity contribution is 5.94. The highest BCUT2D eigenvalue weighted by atomic mass is 16.6. The van der Waals surface area contributed by atoms with Crippen LogP contribution in [0.4, 0.5) is 4.79 Å². The van der Waals surface area contributed by atoms with Crippen molar-refractivity contribution in [3.05, 3.63) is 47.5 Å². The molecule has 0 spiro atoms. The number of hydrogen-bond acceptors (Lipinski definition) is 3. The maximum atomic E-state index is 12.5. The zero-order valence-corrected chi connectivity index (χ0v) is 13.2. The molecule has 1 saturated heterocycles. The lowest BCUT2D eigenvalue weighted by molar-refractivity contribution is -0.114. The van der Waals surface area contributed by atoms with E-state index < -0.39 is 5.60 Å². The van der Waals surface area contributed by atoms with Crippen molar-refractivity contribution >= 4 is 11.9 Å². The van der Waals surface area contributed by atoms with Gasteiger partial charge in [0.2, 0.25) is 0 Å². The molecule has 4 heteroatoms. The summed E-state index contributed by atoms with van der Waals surface area (Å²) < 4.78 is 5.54. The molecule has 4 nitrogen and oxygen atoms in total. The maximum absolute atomic E-state index is 12.5. The van der Waals surface area contributed by atoms with Crippen molar-refractivity contribution in [1.29, 1.82) is 0 Å². The van der Waals surface area contributed by atoms with Gasteiger partial charge < -0.3 is 4.74 Å². The molecular weight excluding hydrogens is 278 g/mol. The van der Waals surface area contributed by atoms with Crippen molar-refractivity contribution in [2.45, 2.75) is 38.8 Å². The van der Waals surface area contributed by atoms with E-state index in [9.17, 15) is 9.59 Å². The Hall–Kier alpha value is -2.10. The van der Waals surface area contributed by atoms with Crippen LogP contribution < -0.4 is 0 Å². The molecule has 1 aromatic rings. The number of fused-ring (bicyclic) bond motifs is 1. The van der Waals surface area contributed by atoms with Gasteiger partial charge in [0.05, 0.1) is 6.04 Å². The molecule has 0 radical (unpaired) electrons. The predicted octanol–water partition coefficient (Wildman–Crippen LogP) is 3.49. The molecule has 22 heavy (non-hydrogen) atoms. The molecule has 0 bridgehead atoms. The zero-order valence-electron chi connectivity index (χ0n) is 13.2. The van der Waals surface area contributed by atoms with Crippen LogP contribution in [0.2, 0.25) is 0 Å². The molecule has 1 aliphatic carbocycles. The Morgan fingerprint density at radius 2 is 1.91 bits per heavy atom. The van der Waals surface area contributed by atoms with Gasteiger partial charge in [0.1, 0.15) is 5.60 Å². The van der Waals surface area contributed by atoms with Crippen LogP contribution in [0.15, 0.2) is 42.0 Å². The number of hydrogen-bond donors (Lipinski definition) is 0. The molecule has 2 atom stereocenters. The third-order valence-corrected chi connectivity index (χ3v) is 4.08. The maximum Gasteiger partial charge on any atom is 0.411 e. The Labute approximate surface area is 130 Å². The number of benzene rings is 1. The third kappa shape index (κ3) is 2.78. The van der Waals surface area contributed by atoms with Crippen LogP contribution in [0, 0.1) is 5.92 Å². The molecule has 116 valence electrons. The van der Waals surface area contributed by atoms with Gasteiger partial charge in [-0.05, 0) is 38.0 Å². The first-order chi connectivity index (χ1) is 10.3. The highest BCUT2D eigenvalue weighted by Gasteiger charge is 2.45. The number of rotatable bonds is 1. The van der Waals surface area contributed by atoms with E-state index in [1.807, 2.05) is 51.1 Å². The largest absolute Gasteiger partial charge is 0.444 e. The van der Waals surface area contributed by atoms with Crippen LogP contribution in [0.25, 0.3) is 0 Å². The highest BCUT2D eigenvalue weighted by Crippen LogP contribution is 2.45. The molecule has 0 unspecified atom stereocenters. The fraction of sp³-hybridized carbons (Fsp3) is 0.444. The van der Waals surface area contributed by atoms with E-state index in [1.165, 1.54) is 0 Å². The summed E-state index contributed by atoms with van der Waals surface area (Å²) >= 11 is 0. The van der Waals surface area contributed by atoms with Gasteiger partial charge in [0.15, 0.2) is 5.78 Å². The summed E-state index contributed by atoms with van der Waals surface area (Å²) in [6.45, 7) is 6.07. The first kappa shape index (κ1) is 14.8. The summed E-state index contributed by atoms with van der Waals surface area (Å²) in [5, 5.41) is 0. The second-order valence-corrected chi connectivity index (χ2v) is 6.96. The van der Waals surface area contributed by atoms with Gasteiger partial charge in [-0.15, -0.1) is 0 Å². The number of carbonyl (C=O) groups is 2. The smallest absolute Gasteiger partial charge is 0.411 e. The number of carbonyl (C=O) groups excluding carboxylic acids is 2. The van der Waals surface area contributed by atoms with E-state index in [0.717, 1.165) is 11.1 Å². The Morgan fingerprint density at radius 3 is 2.55 bits per heavy atom. The van der Waals surface area contributed by atoms with E-state index in [2.05, 4.69) is 0 Å². The average molecular weight is 299 g/mol. The number of nitrogens with zero attached hydrogens (tertiary/aromatic N) is 1. The Balaban J connectivity index is 1.93. The van der Waals surface area contributed by atoms with E-state index in [0.29, 0.717) is 13.0 Å². The van der Waals surface area contributed by atoms with E-state index in [1.54, 1.807) is 11.0 Å². The molecule has 0 saturated carbocycles. The molecule has 1 amide bonds. The minimum atomic E-state index is -0.528. The van der Waals surface area contributed by atoms with Gasteiger partial charge in [0, 0.05) is 18.9 Å². The summed E-state index contributed by atoms with van der Waals surface area (Å²) in [6.07, 6.45) is 1.86. The van der Waals surface area contributed by atoms with Crippen molar-refractivity contribution in [3.8, 4) is 0 Å². The van der Waals surface area contributed by atoms with Gasteiger partial charge >= 0.3 is 6.09 Å². The minimum Gasteiger partial charge on any atom is -0.444 e. The Bertz CT molecular complexity index is 627. The SMILES string of the molecule is CC(C)(C)OC(=O)N1CC2=CC(=O)C[C@@H]2[C@H]1c1ccccc1. The minimum absolute atomic E-state index is 0.0856. The second kappa shape index (κ2) is 5.27. The zero-order chi connectivity index (χ0) is 15.9. The van der Waals surface area contributed by atoms with Crippen LogP contribution in [-0.4, -0.2) is 28.9 Å². The monoisotopic (exact) mass is 299 g/mol. The topological polar surface area (TPSA) is 46.6 Å². The number of amides is 1. The van der Waals surface area contributed by atoms with Crippen molar-refractivity contribution in [1.82, 2.24) is 4.90 Å². The lowest BCUT2D eigenvalue weighted by atomic mass is 9.91. The Kier molecular flexibility index (Phi) is 3.55. The number of likely N-dealkylation sites (tertiary alicyclic amines) is 1. The number of allylic oxidation sites excluding steroid dienone is 1. The van der Waals surface area contributed by atoms with Gasteiger partial charge in [0.25, 0.3) is 0 Å². The quantitative estimate of drug-likeness (QED) is 0.797. The van der Waals surface area contributed by atoms with Crippen molar-refractivity contribution in [2.75, 3.05) is 6.54 Å². The van der Waals surface area contributed by atoms with Crippen molar-refractivity contribution < 1.29 is 14.3 Å². The van der Waals surface area contributed by atoms with E-state index >= 15 is 0 Å². The summed E-state index contributed by atoms with van der Waals surface area (Å²) in [6, 6.07) is 9.77. The second-order valence-electron chi connectivity index (χ2n) is 6.96. The standard InChI is InChI=1S/C18H21NO3/c1-18(2,3)22-17(21)19-11-13-9-14(20)10-15(13)16(19)12-7-5-4-6-8-12/h4-9,15-16H,10-11H2,1-3H3/t15-,16+/m0/s1. The molecule has 1 aliphatic heterocycles. The van der Waals surface area contributed by atoms with E-state index in [4.69, 9.17) is 4.74 Å². The molecule has 1 heterocycles. The van der Waals surface area contributed by atoms with Crippen molar-refractivity contribution in [3.63, 3.8) is 0 Å². The molecule has 0 N–H and O–H groups in total. The fourth-order valence-corrected chi connectivity index (χ4v) is 3.27. The lowest BCUT2D eigenvalue weighted by Crippen LogP contribution is -2.37. The first-order valence-corrected chi connectivity index (χ1v) is 7.63.